The van der Waals surface area contributed by atoms with Gasteiger partial charge in [0.15, 0.2) is 0 Å². The molecule has 186 valence electrons. The number of carboxylic acid groups (broad SMARTS) is 1. The van der Waals surface area contributed by atoms with E-state index in [0.29, 0.717) is 11.3 Å². The van der Waals surface area contributed by atoms with Crippen LogP contribution in [-0.2, 0) is 26.2 Å². The van der Waals surface area contributed by atoms with Crippen molar-refractivity contribution < 1.29 is 27.8 Å². The molecule has 3 aromatic rings. The van der Waals surface area contributed by atoms with Crippen LogP contribution < -0.4 is 9.46 Å². The SMILES string of the molecule is Cc1cc(C)c2cccc(OCc3c(Cl)ccc(S(=O)(=O)NC4(C(=O)O)CCOCC4)c3Cl)c2n1. The molecule has 2 heterocycles. The van der Waals surface area contributed by atoms with E-state index in [4.69, 9.17) is 32.7 Å². The molecule has 1 aliphatic heterocycles. The maximum Gasteiger partial charge on any atom is 0.325 e. The molecular weight excluding hydrogens is 515 g/mol. The van der Waals surface area contributed by atoms with Crippen LogP contribution in [0.15, 0.2) is 41.3 Å². The van der Waals surface area contributed by atoms with Crippen molar-refractivity contribution in [2.24, 2.45) is 0 Å². The number of nitrogens with zero attached hydrogens (tertiary/aromatic N) is 1. The molecule has 1 aliphatic rings. The number of halogens is 2. The normalized spacial score (nSPS) is 15.8. The first-order valence-corrected chi connectivity index (χ1v) is 13.1. The molecular formula is C24H24Cl2N2O6S. The number of benzene rings is 2. The minimum absolute atomic E-state index is 0.00431. The average molecular weight is 539 g/mol. The Kier molecular flexibility index (Phi) is 7.26. The number of para-hydroxylation sites is 1. The second-order valence-electron chi connectivity index (χ2n) is 8.46. The van der Waals surface area contributed by atoms with Crippen molar-refractivity contribution in [2.75, 3.05) is 13.2 Å². The van der Waals surface area contributed by atoms with Crippen LogP contribution in [0.5, 0.6) is 5.75 Å². The van der Waals surface area contributed by atoms with E-state index >= 15 is 0 Å². The third-order valence-corrected chi connectivity index (χ3v) is 8.51. The zero-order chi connectivity index (χ0) is 25.4. The third-order valence-electron chi connectivity index (χ3n) is 6.03. The van der Waals surface area contributed by atoms with Crippen molar-refractivity contribution in [3.05, 3.63) is 63.3 Å². The van der Waals surface area contributed by atoms with Crippen LogP contribution >= 0.6 is 23.2 Å². The second kappa shape index (κ2) is 9.91. The number of sulfonamides is 1. The molecule has 2 aromatic carbocycles. The molecule has 0 atom stereocenters. The van der Waals surface area contributed by atoms with Gasteiger partial charge >= 0.3 is 5.97 Å². The fraction of sp³-hybridized carbons (Fsp3) is 0.333. The van der Waals surface area contributed by atoms with Gasteiger partial charge in [-0.3, -0.25) is 4.79 Å². The number of carbonyl (C=O) groups is 1. The van der Waals surface area contributed by atoms with Crippen molar-refractivity contribution in [3.63, 3.8) is 0 Å². The number of nitrogens with one attached hydrogen (secondary N) is 1. The number of ether oxygens (including phenoxy) is 2. The number of aromatic nitrogens is 1. The highest BCUT2D eigenvalue weighted by Gasteiger charge is 2.44. The Morgan fingerprint density at radius 3 is 2.60 bits per heavy atom. The van der Waals surface area contributed by atoms with E-state index in [1.165, 1.54) is 12.1 Å². The molecule has 1 aromatic heterocycles. The average Bonchev–Trinajstić information content (AvgIpc) is 2.79. The number of fused-ring (bicyclic) bond motifs is 1. The van der Waals surface area contributed by atoms with Gasteiger partial charge in [0.1, 0.15) is 28.3 Å². The van der Waals surface area contributed by atoms with Crippen LogP contribution in [0.3, 0.4) is 0 Å². The summed E-state index contributed by atoms with van der Waals surface area (Å²) in [7, 11) is -4.31. The maximum absolute atomic E-state index is 13.2. The minimum Gasteiger partial charge on any atom is -0.487 e. The number of hydrogen-bond donors (Lipinski definition) is 2. The highest BCUT2D eigenvalue weighted by molar-refractivity contribution is 7.89. The van der Waals surface area contributed by atoms with Gasteiger partial charge in [-0.2, -0.15) is 4.72 Å². The summed E-state index contributed by atoms with van der Waals surface area (Å²) in [5, 5.41) is 10.7. The number of hydrogen-bond acceptors (Lipinski definition) is 6. The van der Waals surface area contributed by atoms with Gasteiger partial charge in [0.05, 0.1) is 5.02 Å². The topological polar surface area (TPSA) is 115 Å². The van der Waals surface area contributed by atoms with Crippen LogP contribution in [0, 0.1) is 13.8 Å². The number of aliphatic carboxylic acids is 1. The van der Waals surface area contributed by atoms with Crippen molar-refractivity contribution in [1.29, 1.82) is 0 Å². The van der Waals surface area contributed by atoms with E-state index in [1.807, 2.05) is 32.0 Å². The molecule has 0 aliphatic carbocycles. The molecule has 35 heavy (non-hydrogen) atoms. The largest absolute Gasteiger partial charge is 0.487 e. The molecule has 2 N–H and O–H groups in total. The van der Waals surface area contributed by atoms with Gasteiger partial charge < -0.3 is 14.6 Å². The second-order valence-corrected chi connectivity index (χ2v) is 10.9. The van der Waals surface area contributed by atoms with Gasteiger partial charge in [-0.15, -0.1) is 0 Å². The Balaban J connectivity index is 1.66. The molecule has 0 spiro atoms. The lowest BCUT2D eigenvalue weighted by molar-refractivity contribution is -0.147. The lowest BCUT2D eigenvalue weighted by atomic mass is 9.92. The minimum atomic E-state index is -4.31. The van der Waals surface area contributed by atoms with Crippen LogP contribution in [-0.4, -0.2) is 43.2 Å². The molecule has 0 unspecified atom stereocenters. The van der Waals surface area contributed by atoms with Crippen molar-refractivity contribution in [1.82, 2.24) is 9.71 Å². The summed E-state index contributed by atoms with van der Waals surface area (Å²) in [6, 6.07) is 10.2. The maximum atomic E-state index is 13.2. The quantitative estimate of drug-likeness (QED) is 0.449. The van der Waals surface area contributed by atoms with E-state index in [-0.39, 0.29) is 53.2 Å². The fourth-order valence-electron chi connectivity index (χ4n) is 4.13. The molecule has 1 fully saturated rings. The summed E-state index contributed by atoms with van der Waals surface area (Å²) in [6.07, 6.45) is -0.00862. The first-order valence-electron chi connectivity index (χ1n) is 10.9. The number of rotatable bonds is 7. The molecule has 0 radical (unpaired) electrons. The van der Waals surface area contributed by atoms with E-state index in [0.717, 1.165) is 16.6 Å². The van der Waals surface area contributed by atoms with Crippen molar-refractivity contribution in [2.45, 2.75) is 43.7 Å². The predicted molar refractivity (Wildman–Crippen MR) is 133 cm³/mol. The fourth-order valence-corrected chi connectivity index (χ4v) is 6.44. The standard InChI is InChI=1S/C24H24Cl2N2O6S/c1-14-12-15(2)27-22-16(14)4-3-5-19(22)34-13-17-18(25)6-7-20(21(17)26)35(31,32)28-24(23(29)30)8-10-33-11-9-24/h3-7,12,28H,8-11,13H2,1-2H3,(H,29,30). The van der Waals surface area contributed by atoms with Crippen molar-refractivity contribution >= 4 is 50.1 Å². The zero-order valence-electron chi connectivity index (χ0n) is 19.1. The first-order chi connectivity index (χ1) is 16.5. The summed E-state index contributed by atoms with van der Waals surface area (Å²) < 4.78 is 40.0. The molecule has 4 rings (SSSR count). The molecule has 8 nitrogen and oxygen atoms in total. The highest BCUT2D eigenvalue weighted by atomic mass is 35.5. The van der Waals surface area contributed by atoms with Crippen LogP contribution in [0.25, 0.3) is 10.9 Å². The lowest BCUT2D eigenvalue weighted by Crippen LogP contribution is -2.57. The Hall–Kier alpha value is -2.43. The Bertz CT molecular complexity index is 1400. The first kappa shape index (κ1) is 25.7. The van der Waals surface area contributed by atoms with Gasteiger partial charge in [-0.05, 0) is 43.7 Å². The Morgan fingerprint density at radius 2 is 1.91 bits per heavy atom. The van der Waals surface area contributed by atoms with Gasteiger partial charge in [-0.25, -0.2) is 13.4 Å². The van der Waals surface area contributed by atoms with Gasteiger partial charge in [0, 0.05) is 47.7 Å². The van der Waals surface area contributed by atoms with Crippen LogP contribution in [0.1, 0.15) is 29.7 Å². The summed E-state index contributed by atoms with van der Waals surface area (Å²) in [5.74, 6) is -0.771. The smallest absolute Gasteiger partial charge is 0.325 e. The molecule has 0 amide bonds. The van der Waals surface area contributed by atoms with Gasteiger partial charge in [0.2, 0.25) is 10.0 Å². The van der Waals surface area contributed by atoms with Gasteiger partial charge in [-0.1, -0.05) is 35.3 Å². The lowest BCUT2D eigenvalue weighted by Gasteiger charge is -2.33. The summed E-state index contributed by atoms with van der Waals surface area (Å²) in [6.45, 7) is 4.01. The monoisotopic (exact) mass is 538 g/mol. The molecule has 1 saturated heterocycles. The number of pyridine rings is 1. The summed E-state index contributed by atoms with van der Waals surface area (Å²) in [5.41, 5.74) is 1.14. The number of carboxylic acids is 1. The van der Waals surface area contributed by atoms with E-state index in [2.05, 4.69) is 9.71 Å². The molecule has 11 heteroatoms. The summed E-state index contributed by atoms with van der Waals surface area (Å²) >= 11 is 12.9. The number of aryl methyl sites for hydroxylation is 2. The summed E-state index contributed by atoms with van der Waals surface area (Å²) in [4.78, 5) is 16.2. The van der Waals surface area contributed by atoms with E-state index < -0.39 is 21.5 Å². The van der Waals surface area contributed by atoms with Crippen LogP contribution in [0.2, 0.25) is 10.0 Å². The van der Waals surface area contributed by atoms with E-state index in [9.17, 15) is 18.3 Å². The van der Waals surface area contributed by atoms with Crippen LogP contribution in [0.4, 0.5) is 0 Å². The molecule has 0 bridgehead atoms. The molecule has 0 saturated carbocycles. The van der Waals surface area contributed by atoms with E-state index in [1.54, 1.807) is 6.07 Å². The Labute approximate surface area is 213 Å². The Morgan fingerprint density at radius 1 is 1.20 bits per heavy atom. The zero-order valence-corrected chi connectivity index (χ0v) is 21.4. The third kappa shape index (κ3) is 5.10. The highest BCUT2D eigenvalue weighted by Crippen LogP contribution is 2.35. The predicted octanol–water partition coefficient (Wildman–Crippen LogP) is 4.65. The van der Waals surface area contributed by atoms with Gasteiger partial charge in [0.25, 0.3) is 0 Å². The van der Waals surface area contributed by atoms with Crippen molar-refractivity contribution in [3.8, 4) is 5.75 Å².